The number of aromatic nitrogens is 1. The number of carbonyl (C=O) groups is 1. The fraction of sp³-hybridized carbons (Fsp3) is 0.400. The molecule has 1 fully saturated rings. The highest BCUT2D eigenvalue weighted by Gasteiger charge is 2.40. The predicted octanol–water partition coefficient (Wildman–Crippen LogP) is 3.93. The zero-order valence-corrected chi connectivity index (χ0v) is 13.8. The molecule has 1 saturated carbocycles. The summed E-state index contributed by atoms with van der Waals surface area (Å²) >= 11 is 0. The van der Waals surface area contributed by atoms with E-state index in [-0.39, 0.29) is 11.9 Å². The summed E-state index contributed by atoms with van der Waals surface area (Å²) in [4.78, 5) is 16.9. The van der Waals surface area contributed by atoms with Crippen molar-refractivity contribution in [3.8, 4) is 11.5 Å². The normalized spacial score (nSPS) is 21.5. The number of pyridine rings is 1. The first-order chi connectivity index (χ1) is 11.8. The van der Waals surface area contributed by atoms with Gasteiger partial charge in [-0.25, -0.2) is 0 Å². The van der Waals surface area contributed by atoms with Crippen LogP contribution >= 0.6 is 0 Å². The summed E-state index contributed by atoms with van der Waals surface area (Å²) in [5.74, 6) is 1.98. The van der Waals surface area contributed by atoms with Gasteiger partial charge in [0.05, 0.1) is 7.11 Å². The Morgan fingerprint density at radius 3 is 2.79 bits per heavy atom. The van der Waals surface area contributed by atoms with Crippen LogP contribution in [-0.2, 0) is 6.42 Å². The number of methoxy groups -OCH3 is 1. The minimum absolute atomic E-state index is 0.134. The number of hydrogen-bond acceptors (Lipinski definition) is 4. The number of ketones is 1. The van der Waals surface area contributed by atoms with E-state index < -0.39 is 0 Å². The van der Waals surface area contributed by atoms with E-state index in [4.69, 9.17) is 9.47 Å². The Balaban J connectivity index is 1.72. The number of Topliss-reactive ketones (excluding diaryl/α,β-unsaturated/α-hetero) is 1. The fourth-order valence-corrected chi connectivity index (χ4v) is 3.97. The van der Waals surface area contributed by atoms with Crippen LogP contribution in [0.5, 0.6) is 11.5 Å². The van der Waals surface area contributed by atoms with Gasteiger partial charge >= 0.3 is 0 Å². The van der Waals surface area contributed by atoms with Crippen LogP contribution in [0.4, 0.5) is 0 Å². The van der Waals surface area contributed by atoms with Gasteiger partial charge in [-0.3, -0.25) is 9.78 Å². The summed E-state index contributed by atoms with van der Waals surface area (Å²) in [7, 11) is 1.65. The maximum absolute atomic E-state index is 12.9. The highest BCUT2D eigenvalue weighted by molar-refractivity contribution is 6.00. The third kappa shape index (κ3) is 2.56. The molecule has 2 atom stereocenters. The van der Waals surface area contributed by atoms with Gasteiger partial charge in [-0.05, 0) is 49.1 Å². The van der Waals surface area contributed by atoms with E-state index in [9.17, 15) is 4.79 Å². The smallest absolute Gasteiger partial charge is 0.167 e. The summed E-state index contributed by atoms with van der Waals surface area (Å²) in [5, 5.41) is 0. The van der Waals surface area contributed by atoms with Gasteiger partial charge in [0.25, 0.3) is 0 Å². The molecule has 0 radical (unpaired) electrons. The second kappa shape index (κ2) is 6.27. The van der Waals surface area contributed by atoms with Crippen molar-refractivity contribution in [1.29, 1.82) is 0 Å². The molecule has 0 spiro atoms. The average molecular weight is 323 g/mol. The Labute approximate surface area is 141 Å². The Kier molecular flexibility index (Phi) is 3.97. The minimum atomic E-state index is 0.134. The van der Waals surface area contributed by atoms with Gasteiger partial charge in [-0.2, -0.15) is 0 Å². The van der Waals surface area contributed by atoms with Crippen molar-refractivity contribution in [3.05, 3.63) is 53.3 Å². The van der Waals surface area contributed by atoms with E-state index >= 15 is 0 Å². The van der Waals surface area contributed by atoms with Crippen molar-refractivity contribution in [2.75, 3.05) is 7.11 Å². The van der Waals surface area contributed by atoms with Crippen molar-refractivity contribution in [2.24, 2.45) is 0 Å². The van der Waals surface area contributed by atoms with Crippen LogP contribution in [0.25, 0.3) is 0 Å². The molecule has 0 N–H and O–H groups in total. The molecule has 2 aromatic rings. The fourth-order valence-electron chi connectivity index (χ4n) is 3.97. The lowest BCUT2D eigenvalue weighted by Crippen LogP contribution is -2.23. The molecule has 1 aromatic heterocycles. The Morgan fingerprint density at radius 2 is 2.00 bits per heavy atom. The summed E-state index contributed by atoms with van der Waals surface area (Å²) in [6, 6.07) is 7.54. The molecule has 0 saturated heterocycles. The van der Waals surface area contributed by atoms with Crippen molar-refractivity contribution in [1.82, 2.24) is 4.98 Å². The third-order valence-electron chi connectivity index (χ3n) is 5.14. The van der Waals surface area contributed by atoms with Gasteiger partial charge in [-0.1, -0.05) is 6.42 Å². The zero-order chi connectivity index (χ0) is 16.5. The van der Waals surface area contributed by atoms with Gasteiger partial charge in [0, 0.05) is 35.9 Å². The predicted molar refractivity (Wildman–Crippen MR) is 90.9 cm³/mol. The maximum Gasteiger partial charge on any atom is 0.167 e. The van der Waals surface area contributed by atoms with E-state index in [1.54, 1.807) is 19.5 Å². The highest BCUT2D eigenvalue weighted by Crippen LogP contribution is 2.51. The van der Waals surface area contributed by atoms with Crippen molar-refractivity contribution in [2.45, 2.75) is 44.1 Å². The lowest BCUT2D eigenvalue weighted by Gasteiger charge is -2.24. The Morgan fingerprint density at radius 1 is 1.21 bits per heavy atom. The van der Waals surface area contributed by atoms with Crippen LogP contribution < -0.4 is 9.47 Å². The Bertz CT molecular complexity index is 757. The van der Waals surface area contributed by atoms with Gasteiger partial charge in [-0.15, -0.1) is 0 Å². The molecule has 1 aromatic carbocycles. The first-order valence-electron chi connectivity index (χ1n) is 8.57. The number of ether oxygens (including phenoxy) is 2. The van der Waals surface area contributed by atoms with Crippen LogP contribution in [0.15, 0.2) is 36.7 Å². The van der Waals surface area contributed by atoms with E-state index in [1.165, 1.54) is 12.8 Å². The molecular formula is C20H21NO3. The summed E-state index contributed by atoms with van der Waals surface area (Å²) in [6.45, 7) is 0. The molecule has 0 unspecified atom stereocenters. The van der Waals surface area contributed by atoms with E-state index in [2.05, 4.69) is 4.98 Å². The summed E-state index contributed by atoms with van der Waals surface area (Å²) in [6.07, 6.45) is 8.55. The first-order valence-corrected chi connectivity index (χ1v) is 8.57. The molecular weight excluding hydrogens is 302 g/mol. The van der Waals surface area contributed by atoms with Gasteiger partial charge in [0.15, 0.2) is 17.3 Å². The van der Waals surface area contributed by atoms with Crippen molar-refractivity contribution >= 4 is 5.78 Å². The summed E-state index contributed by atoms with van der Waals surface area (Å²) in [5.41, 5.74) is 2.84. The molecule has 1 aliphatic heterocycles. The van der Waals surface area contributed by atoms with Gasteiger partial charge in [0.2, 0.25) is 0 Å². The zero-order valence-electron chi connectivity index (χ0n) is 13.8. The monoisotopic (exact) mass is 323 g/mol. The number of rotatable bonds is 4. The molecule has 0 amide bonds. The molecule has 2 heterocycles. The third-order valence-corrected chi connectivity index (χ3v) is 5.14. The molecule has 4 nitrogen and oxygen atoms in total. The number of hydrogen-bond donors (Lipinski definition) is 0. The molecule has 1 aliphatic carbocycles. The molecule has 4 rings (SSSR count). The average Bonchev–Trinajstić information content (AvgIpc) is 3.01. The van der Waals surface area contributed by atoms with Crippen molar-refractivity contribution in [3.63, 3.8) is 0 Å². The molecule has 2 aliphatic rings. The molecule has 0 bridgehead atoms. The van der Waals surface area contributed by atoms with Crippen LogP contribution in [-0.4, -0.2) is 24.0 Å². The number of benzene rings is 1. The standard InChI is InChI=1S/C20H21NO3/c1-23-18-7-6-14(16(22)12-13-8-10-21-11-9-13)19-15-4-2-3-5-17(15)24-20(18)19/h6-11,15,17H,2-5,12H2,1H3/t15-,17+/m0/s1. The number of carbonyl (C=O) groups excluding carboxylic acids is 1. The molecule has 24 heavy (non-hydrogen) atoms. The number of fused-ring (bicyclic) bond motifs is 3. The van der Waals surface area contributed by atoms with Crippen LogP contribution in [0.2, 0.25) is 0 Å². The molecule has 124 valence electrons. The lowest BCUT2D eigenvalue weighted by molar-refractivity contribution is 0.0991. The van der Waals surface area contributed by atoms with Crippen LogP contribution in [0.1, 0.15) is 53.1 Å². The quantitative estimate of drug-likeness (QED) is 0.800. The minimum Gasteiger partial charge on any atom is -0.493 e. The second-order valence-corrected chi connectivity index (χ2v) is 6.56. The van der Waals surface area contributed by atoms with E-state index in [0.29, 0.717) is 12.3 Å². The highest BCUT2D eigenvalue weighted by atomic mass is 16.5. The summed E-state index contributed by atoms with van der Waals surface area (Å²) < 4.78 is 11.7. The van der Waals surface area contributed by atoms with Crippen molar-refractivity contribution < 1.29 is 14.3 Å². The van der Waals surface area contributed by atoms with Gasteiger partial charge < -0.3 is 9.47 Å². The number of nitrogens with zero attached hydrogens (tertiary/aromatic N) is 1. The van der Waals surface area contributed by atoms with Crippen LogP contribution in [0, 0.1) is 0 Å². The largest absolute Gasteiger partial charge is 0.493 e. The van der Waals surface area contributed by atoms with E-state index in [0.717, 1.165) is 41.0 Å². The Hall–Kier alpha value is -2.36. The van der Waals surface area contributed by atoms with Gasteiger partial charge in [0.1, 0.15) is 6.10 Å². The second-order valence-electron chi connectivity index (χ2n) is 6.56. The molecule has 4 heteroatoms. The van der Waals surface area contributed by atoms with E-state index in [1.807, 2.05) is 24.3 Å². The topological polar surface area (TPSA) is 48.4 Å². The SMILES string of the molecule is COc1ccc(C(=O)Cc2ccncc2)c2c1O[C@@H]1CCCC[C@H]21. The first kappa shape index (κ1) is 15.2. The maximum atomic E-state index is 12.9. The lowest BCUT2D eigenvalue weighted by atomic mass is 9.80. The van der Waals surface area contributed by atoms with Crippen LogP contribution in [0.3, 0.4) is 0 Å².